The number of ether oxygens (including phenoxy) is 1. The fraction of sp³-hybridized carbons (Fsp3) is 0.375. The summed E-state index contributed by atoms with van der Waals surface area (Å²) >= 11 is 0. The molecule has 1 aliphatic heterocycles. The quantitative estimate of drug-likeness (QED) is 0.457. The second-order valence-corrected chi connectivity index (χ2v) is 13.7. The Hall–Kier alpha value is -2.21. The number of amides is 1. The highest BCUT2D eigenvalue weighted by atomic mass is 28.4. The lowest BCUT2D eigenvalue weighted by atomic mass is 10.1. The Balaban J connectivity index is 2.04. The minimum Gasteiger partial charge on any atom is -0.371 e. The third-order valence-electron chi connectivity index (χ3n) is 5.90. The van der Waals surface area contributed by atoms with Crippen molar-refractivity contribution in [3.8, 4) is 0 Å². The van der Waals surface area contributed by atoms with Gasteiger partial charge in [-0.1, -0.05) is 88.0 Å². The van der Waals surface area contributed by atoms with Gasteiger partial charge in [-0.25, -0.2) is 0 Å². The molecule has 1 saturated heterocycles. The van der Waals surface area contributed by atoms with Gasteiger partial charge in [0.1, 0.15) is 0 Å². The first-order valence-electron chi connectivity index (χ1n) is 10.0. The summed E-state index contributed by atoms with van der Waals surface area (Å²) in [5.41, 5.74) is 1.83. The lowest BCUT2D eigenvalue weighted by Crippen LogP contribution is -2.55. The number of benzene rings is 2. The molecule has 2 atom stereocenters. The fourth-order valence-electron chi connectivity index (χ4n) is 3.17. The lowest BCUT2D eigenvalue weighted by Gasteiger charge is -2.44. The first-order chi connectivity index (χ1) is 13.6. The topological polar surface area (TPSA) is 38.8 Å². The number of nitrogens with zero attached hydrogens (tertiary/aromatic N) is 1. The smallest absolute Gasteiger partial charge is 0.266 e. The molecule has 5 heteroatoms. The predicted octanol–water partition coefficient (Wildman–Crippen LogP) is 5.65. The van der Waals surface area contributed by atoms with Crippen LogP contribution in [0.3, 0.4) is 0 Å². The minimum absolute atomic E-state index is 0.0430. The van der Waals surface area contributed by atoms with Crippen LogP contribution >= 0.6 is 0 Å². The maximum Gasteiger partial charge on any atom is 0.266 e. The van der Waals surface area contributed by atoms with Gasteiger partial charge in [0.05, 0.1) is 6.54 Å². The second-order valence-electron chi connectivity index (χ2n) is 9.02. The molecule has 0 spiro atoms. The molecule has 0 bridgehead atoms. The summed E-state index contributed by atoms with van der Waals surface area (Å²) in [6, 6.07) is 19.5. The maximum atomic E-state index is 13.5. The van der Waals surface area contributed by atoms with Gasteiger partial charge in [0.15, 0.2) is 14.4 Å². The van der Waals surface area contributed by atoms with Gasteiger partial charge in [-0.15, -0.1) is 0 Å². The molecule has 1 amide bonds. The van der Waals surface area contributed by atoms with Crippen molar-refractivity contribution in [3.63, 3.8) is 0 Å². The molecule has 3 rings (SSSR count). The van der Waals surface area contributed by atoms with Gasteiger partial charge in [-0.2, -0.15) is 0 Å². The SMILES string of the molecule is C=C[C@@]1(O[Si](C)(C)C(C)(C)C)O[C@@H](c2ccccc2)C(=O)N1Cc1ccccc1. The van der Waals surface area contributed by atoms with Crippen LogP contribution in [0.1, 0.15) is 38.0 Å². The Morgan fingerprint density at radius 3 is 2.17 bits per heavy atom. The summed E-state index contributed by atoms with van der Waals surface area (Å²) in [5.74, 6) is -1.41. The van der Waals surface area contributed by atoms with Crippen molar-refractivity contribution in [2.45, 2.75) is 57.5 Å². The largest absolute Gasteiger partial charge is 0.371 e. The van der Waals surface area contributed by atoms with Crippen molar-refractivity contribution in [2.75, 3.05) is 0 Å². The van der Waals surface area contributed by atoms with E-state index in [2.05, 4.69) is 40.4 Å². The van der Waals surface area contributed by atoms with Crippen LogP contribution in [0.5, 0.6) is 0 Å². The number of carbonyl (C=O) groups is 1. The molecule has 0 unspecified atom stereocenters. The number of hydrogen-bond acceptors (Lipinski definition) is 3. The molecule has 0 radical (unpaired) electrons. The predicted molar refractivity (Wildman–Crippen MR) is 118 cm³/mol. The maximum absolute atomic E-state index is 13.5. The zero-order chi connectivity index (χ0) is 21.3. The Kier molecular flexibility index (Phi) is 5.85. The van der Waals surface area contributed by atoms with Gasteiger partial charge < -0.3 is 9.16 Å². The molecule has 0 aliphatic carbocycles. The summed E-state index contributed by atoms with van der Waals surface area (Å²) in [6.07, 6.45) is 0.916. The highest BCUT2D eigenvalue weighted by molar-refractivity contribution is 6.74. The highest BCUT2D eigenvalue weighted by Crippen LogP contribution is 2.46. The molecule has 2 aromatic carbocycles. The molecule has 29 heavy (non-hydrogen) atoms. The monoisotopic (exact) mass is 409 g/mol. The second kappa shape index (κ2) is 7.90. The van der Waals surface area contributed by atoms with E-state index in [1.54, 1.807) is 11.0 Å². The van der Waals surface area contributed by atoms with E-state index in [-0.39, 0.29) is 10.9 Å². The van der Waals surface area contributed by atoms with Crippen molar-refractivity contribution in [1.29, 1.82) is 0 Å². The van der Waals surface area contributed by atoms with Crippen molar-refractivity contribution < 1.29 is 14.0 Å². The van der Waals surface area contributed by atoms with Crippen LogP contribution in [0.25, 0.3) is 0 Å². The van der Waals surface area contributed by atoms with Gasteiger partial charge >= 0.3 is 0 Å². The molecule has 0 saturated carbocycles. The van der Waals surface area contributed by atoms with Crippen LogP contribution < -0.4 is 0 Å². The van der Waals surface area contributed by atoms with Crippen LogP contribution in [0.2, 0.25) is 18.1 Å². The van der Waals surface area contributed by atoms with Gasteiger partial charge in [0, 0.05) is 0 Å². The number of carbonyl (C=O) groups excluding carboxylic acids is 1. The van der Waals surface area contributed by atoms with Gasteiger partial charge in [-0.3, -0.25) is 9.69 Å². The molecule has 1 heterocycles. The molecule has 4 nitrogen and oxygen atoms in total. The van der Waals surface area contributed by atoms with Crippen LogP contribution in [0.15, 0.2) is 73.3 Å². The third-order valence-corrected chi connectivity index (χ3v) is 10.3. The third kappa shape index (κ3) is 4.22. The summed E-state index contributed by atoms with van der Waals surface area (Å²) in [4.78, 5) is 15.2. The van der Waals surface area contributed by atoms with E-state index < -0.39 is 20.3 Å². The van der Waals surface area contributed by atoms with Crippen LogP contribution in [0, 0.1) is 0 Å². The molecular formula is C24H31NO3Si. The summed E-state index contributed by atoms with van der Waals surface area (Å²) in [5, 5.41) is -0.0430. The summed E-state index contributed by atoms with van der Waals surface area (Å²) in [6.45, 7) is 15.2. The van der Waals surface area contributed by atoms with Gasteiger partial charge in [-0.05, 0) is 35.3 Å². The van der Waals surface area contributed by atoms with Crippen molar-refractivity contribution >= 4 is 14.2 Å². The van der Waals surface area contributed by atoms with Crippen molar-refractivity contribution in [2.24, 2.45) is 0 Å². The Labute approximate surface area is 175 Å². The van der Waals surface area contributed by atoms with Gasteiger partial charge in [0.2, 0.25) is 0 Å². The Bertz CT molecular complexity index is 861. The first kappa shape index (κ1) is 21.5. The Morgan fingerprint density at radius 2 is 1.66 bits per heavy atom. The van der Waals surface area contributed by atoms with Crippen LogP contribution in [-0.2, 0) is 20.5 Å². The Morgan fingerprint density at radius 1 is 1.10 bits per heavy atom. The molecule has 1 aliphatic rings. The molecular weight excluding hydrogens is 378 g/mol. The molecule has 0 N–H and O–H groups in total. The van der Waals surface area contributed by atoms with E-state index in [0.29, 0.717) is 6.54 Å². The fourth-order valence-corrected chi connectivity index (χ4v) is 4.45. The number of hydrogen-bond donors (Lipinski definition) is 0. The van der Waals surface area contributed by atoms with Crippen molar-refractivity contribution in [3.05, 3.63) is 84.4 Å². The summed E-state index contributed by atoms with van der Waals surface area (Å²) < 4.78 is 13.1. The number of rotatable bonds is 6. The molecule has 1 fully saturated rings. The lowest BCUT2D eigenvalue weighted by molar-refractivity contribution is -0.211. The minimum atomic E-state index is -2.27. The standard InChI is InChI=1S/C24H31NO3Si/c1-7-24(28-29(5,6)23(2,3)4)25(18-19-14-10-8-11-15-19)22(26)21(27-24)20-16-12-9-13-17-20/h7-17,21H,1,18H2,2-6H3/t21-,24-/m0/s1. The van der Waals surface area contributed by atoms with Crippen molar-refractivity contribution in [1.82, 2.24) is 4.90 Å². The van der Waals surface area contributed by atoms with Crippen LogP contribution in [-0.4, -0.2) is 25.0 Å². The molecule has 0 aromatic heterocycles. The van der Waals surface area contributed by atoms with Gasteiger partial charge in [0.25, 0.3) is 11.8 Å². The van der Waals surface area contributed by atoms with E-state index in [1.807, 2.05) is 60.7 Å². The normalized spacial score (nSPS) is 22.7. The van der Waals surface area contributed by atoms with E-state index in [4.69, 9.17) is 9.16 Å². The zero-order valence-corrected chi connectivity index (χ0v) is 19.0. The zero-order valence-electron chi connectivity index (χ0n) is 18.0. The molecule has 2 aromatic rings. The highest BCUT2D eigenvalue weighted by Gasteiger charge is 2.56. The summed E-state index contributed by atoms with van der Waals surface area (Å²) in [7, 11) is -2.27. The van der Waals surface area contributed by atoms with E-state index in [0.717, 1.165) is 11.1 Å². The average molecular weight is 410 g/mol. The molecule has 154 valence electrons. The van der Waals surface area contributed by atoms with E-state index in [9.17, 15) is 4.79 Å². The van der Waals surface area contributed by atoms with Crippen LogP contribution in [0.4, 0.5) is 0 Å². The first-order valence-corrected chi connectivity index (χ1v) is 12.9. The average Bonchev–Trinajstić information content (AvgIpc) is 2.95. The van der Waals surface area contributed by atoms with E-state index >= 15 is 0 Å². The van der Waals surface area contributed by atoms with E-state index in [1.165, 1.54) is 0 Å².